The van der Waals surface area contributed by atoms with Crippen molar-refractivity contribution < 1.29 is 13.2 Å². The van der Waals surface area contributed by atoms with E-state index in [9.17, 15) is 8.42 Å². The second kappa shape index (κ2) is 7.21. The Kier molecular flexibility index (Phi) is 6.26. The lowest BCUT2D eigenvalue weighted by molar-refractivity contribution is 0.0774. The van der Waals surface area contributed by atoms with Crippen LogP contribution in [0.2, 0.25) is 0 Å². The molecule has 1 aliphatic heterocycles. The van der Waals surface area contributed by atoms with Crippen molar-refractivity contribution >= 4 is 10.0 Å². The molecular formula is C10H22N2O3S. The summed E-state index contributed by atoms with van der Waals surface area (Å²) in [7, 11) is -3.15. The fourth-order valence-corrected chi connectivity index (χ4v) is 2.88. The molecule has 1 aliphatic rings. The lowest BCUT2D eigenvalue weighted by atomic mass is 10.1. The zero-order valence-corrected chi connectivity index (χ0v) is 10.7. The van der Waals surface area contributed by atoms with Gasteiger partial charge in [-0.05, 0) is 25.8 Å². The van der Waals surface area contributed by atoms with Crippen molar-refractivity contribution in [1.29, 1.82) is 0 Å². The first-order valence-corrected chi connectivity index (χ1v) is 7.58. The minimum absolute atomic E-state index is 0.0371. The Balaban J connectivity index is 2.22. The van der Waals surface area contributed by atoms with E-state index in [0.29, 0.717) is 13.2 Å². The fraction of sp³-hybridized carbons (Fsp3) is 1.00. The van der Waals surface area contributed by atoms with Crippen LogP contribution in [0.5, 0.6) is 0 Å². The van der Waals surface area contributed by atoms with Crippen LogP contribution < -0.4 is 10.0 Å². The molecule has 2 N–H and O–H groups in total. The number of hydrogen-bond acceptors (Lipinski definition) is 4. The molecule has 0 aromatic carbocycles. The summed E-state index contributed by atoms with van der Waals surface area (Å²) in [5.74, 6) is 0.142. The molecule has 1 fully saturated rings. The molecule has 1 rings (SSSR count). The van der Waals surface area contributed by atoms with E-state index in [4.69, 9.17) is 4.74 Å². The largest absolute Gasteiger partial charge is 0.380 e. The van der Waals surface area contributed by atoms with Crippen molar-refractivity contribution in [2.45, 2.75) is 32.2 Å². The van der Waals surface area contributed by atoms with E-state index in [-0.39, 0.29) is 11.8 Å². The number of sulfonamides is 1. The molecule has 96 valence electrons. The SMILES string of the molecule is CCCNCCS(=O)(=O)NC1CCCOC1. The average molecular weight is 250 g/mol. The molecular weight excluding hydrogens is 228 g/mol. The first-order chi connectivity index (χ1) is 7.64. The van der Waals surface area contributed by atoms with Crippen LogP contribution in [0, 0.1) is 0 Å². The van der Waals surface area contributed by atoms with E-state index >= 15 is 0 Å². The Hall–Kier alpha value is -0.170. The van der Waals surface area contributed by atoms with E-state index in [1.54, 1.807) is 0 Å². The Morgan fingerprint density at radius 1 is 1.38 bits per heavy atom. The third kappa shape index (κ3) is 5.79. The molecule has 0 bridgehead atoms. The van der Waals surface area contributed by atoms with Crippen LogP contribution in [-0.4, -0.2) is 46.5 Å². The van der Waals surface area contributed by atoms with Crippen molar-refractivity contribution in [3.8, 4) is 0 Å². The molecule has 1 saturated heterocycles. The smallest absolute Gasteiger partial charge is 0.213 e. The van der Waals surface area contributed by atoms with Gasteiger partial charge in [-0.15, -0.1) is 0 Å². The first-order valence-electron chi connectivity index (χ1n) is 5.92. The predicted molar refractivity (Wildman–Crippen MR) is 63.9 cm³/mol. The van der Waals surface area contributed by atoms with Gasteiger partial charge in [0.05, 0.1) is 12.4 Å². The van der Waals surface area contributed by atoms with Crippen LogP contribution in [0.1, 0.15) is 26.2 Å². The number of hydrogen-bond donors (Lipinski definition) is 2. The van der Waals surface area contributed by atoms with Gasteiger partial charge in [-0.2, -0.15) is 0 Å². The highest BCUT2D eigenvalue weighted by molar-refractivity contribution is 7.89. The van der Waals surface area contributed by atoms with Gasteiger partial charge in [-0.3, -0.25) is 0 Å². The fourth-order valence-electron chi connectivity index (χ4n) is 1.65. The second-order valence-electron chi connectivity index (χ2n) is 4.10. The molecule has 6 heteroatoms. The molecule has 0 saturated carbocycles. The van der Waals surface area contributed by atoms with Crippen LogP contribution >= 0.6 is 0 Å². The summed E-state index contributed by atoms with van der Waals surface area (Å²) in [5, 5.41) is 3.08. The minimum Gasteiger partial charge on any atom is -0.380 e. The Bertz CT molecular complexity index is 274. The normalized spacial score (nSPS) is 22.2. The van der Waals surface area contributed by atoms with Gasteiger partial charge in [-0.25, -0.2) is 13.1 Å². The number of nitrogens with one attached hydrogen (secondary N) is 2. The summed E-state index contributed by atoms with van der Waals surface area (Å²) >= 11 is 0. The highest BCUT2D eigenvalue weighted by Gasteiger charge is 2.19. The molecule has 1 atom stereocenters. The predicted octanol–water partition coefficient (Wildman–Crippen LogP) is 0.0844. The van der Waals surface area contributed by atoms with Crippen LogP contribution in [0.25, 0.3) is 0 Å². The molecule has 1 heterocycles. The minimum atomic E-state index is -3.15. The summed E-state index contributed by atoms with van der Waals surface area (Å²) in [5.41, 5.74) is 0. The monoisotopic (exact) mass is 250 g/mol. The highest BCUT2D eigenvalue weighted by Crippen LogP contribution is 2.06. The standard InChI is InChI=1S/C10H22N2O3S/c1-2-5-11-6-8-16(13,14)12-10-4-3-7-15-9-10/h10-12H,2-9H2,1H3. The zero-order chi connectivity index (χ0) is 11.9. The van der Waals surface area contributed by atoms with Gasteiger partial charge in [-0.1, -0.05) is 6.92 Å². The van der Waals surface area contributed by atoms with Crippen LogP contribution in [-0.2, 0) is 14.8 Å². The van der Waals surface area contributed by atoms with E-state index in [1.807, 2.05) is 0 Å². The molecule has 0 aliphatic carbocycles. The van der Waals surface area contributed by atoms with E-state index in [0.717, 1.165) is 32.4 Å². The third-order valence-corrected chi connectivity index (χ3v) is 3.91. The Labute approximate surface area is 98.0 Å². The Morgan fingerprint density at radius 3 is 2.81 bits per heavy atom. The molecule has 5 nitrogen and oxygen atoms in total. The van der Waals surface area contributed by atoms with Crippen molar-refractivity contribution in [2.24, 2.45) is 0 Å². The van der Waals surface area contributed by atoms with Gasteiger partial charge in [0.1, 0.15) is 0 Å². The van der Waals surface area contributed by atoms with Gasteiger partial charge < -0.3 is 10.1 Å². The molecule has 0 amide bonds. The van der Waals surface area contributed by atoms with Gasteiger partial charge >= 0.3 is 0 Å². The maximum atomic E-state index is 11.7. The van der Waals surface area contributed by atoms with E-state index in [1.165, 1.54) is 0 Å². The maximum absolute atomic E-state index is 11.7. The highest BCUT2D eigenvalue weighted by atomic mass is 32.2. The molecule has 16 heavy (non-hydrogen) atoms. The van der Waals surface area contributed by atoms with Crippen molar-refractivity contribution in [1.82, 2.24) is 10.0 Å². The number of rotatable bonds is 7. The van der Waals surface area contributed by atoms with Gasteiger partial charge in [0, 0.05) is 19.2 Å². The lowest BCUT2D eigenvalue weighted by Crippen LogP contribution is -2.43. The third-order valence-electron chi connectivity index (χ3n) is 2.48. The summed E-state index contributed by atoms with van der Waals surface area (Å²) in [6.07, 6.45) is 2.83. The van der Waals surface area contributed by atoms with Crippen molar-refractivity contribution in [3.63, 3.8) is 0 Å². The summed E-state index contributed by atoms with van der Waals surface area (Å²) in [6, 6.07) is -0.0371. The van der Waals surface area contributed by atoms with Gasteiger partial charge in [0.25, 0.3) is 0 Å². The van der Waals surface area contributed by atoms with Crippen LogP contribution in [0.4, 0.5) is 0 Å². The van der Waals surface area contributed by atoms with E-state index in [2.05, 4.69) is 17.0 Å². The van der Waals surface area contributed by atoms with Gasteiger partial charge in [0.15, 0.2) is 0 Å². The topological polar surface area (TPSA) is 67.4 Å². The summed E-state index contributed by atoms with van der Waals surface area (Å²) in [6.45, 7) is 4.68. The van der Waals surface area contributed by atoms with Crippen molar-refractivity contribution in [3.05, 3.63) is 0 Å². The molecule has 0 radical (unpaired) electrons. The lowest BCUT2D eigenvalue weighted by Gasteiger charge is -2.22. The summed E-state index contributed by atoms with van der Waals surface area (Å²) in [4.78, 5) is 0. The zero-order valence-electron chi connectivity index (χ0n) is 9.87. The second-order valence-corrected chi connectivity index (χ2v) is 5.97. The van der Waals surface area contributed by atoms with Crippen LogP contribution in [0.3, 0.4) is 0 Å². The summed E-state index contributed by atoms with van der Waals surface area (Å²) < 4.78 is 31.2. The molecule has 0 aromatic heterocycles. The van der Waals surface area contributed by atoms with E-state index < -0.39 is 10.0 Å². The van der Waals surface area contributed by atoms with Crippen molar-refractivity contribution in [2.75, 3.05) is 32.1 Å². The molecule has 0 spiro atoms. The van der Waals surface area contributed by atoms with Gasteiger partial charge in [0.2, 0.25) is 10.0 Å². The first kappa shape index (κ1) is 13.9. The average Bonchev–Trinajstić information content (AvgIpc) is 2.25. The molecule has 1 unspecified atom stereocenters. The van der Waals surface area contributed by atoms with Crippen LogP contribution in [0.15, 0.2) is 0 Å². The number of ether oxygens (including phenoxy) is 1. The Morgan fingerprint density at radius 2 is 2.19 bits per heavy atom. The quantitative estimate of drug-likeness (QED) is 0.628. The molecule has 0 aromatic rings. The maximum Gasteiger partial charge on any atom is 0.213 e.